The fraction of sp³-hybridized carbons (Fsp3) is 0.294. The lowest BCUT2D eigenvalue weighted by atomic mass is 10.2. The third kappa shape index (κ3) is 3.91. The van der Waals surface area contributed by atoms with Gasteiger partial charge >= 0.3 is 0 Å². The van der Waals surface area contributed by atoms with Crippen LogP contribution in [0.5, 0.6) is 0 Å². The van der Waals surface area contributed by atoms with E-state index < -0.39 is 9.84 Å². The highest BCUT2D eigenvalue weighted by Crippen LogP contribution is 2.25. The van der Waals surface area contributed by atoms with Crippen molar-refractivity contribution >= 4 is 32.8 Å². The standard InChI is InChI=1S/C17H17N5O3S2/c23-16(11-21-19-17(18-20-21)15-7-4-9-26-15)22(13-5-2-1-3-6-13)14-8-10-27(24,25)12-14/h1-7,9,14H,8,10-12H2. The van der Waals surface area contributed by atoms with Crippen LogP contribution in [0.3, 0.4) is 0 Å². The van der Waals surface area contributed by atoms with Crippen molar-refractivity contribution < 1.29 is 13.2 Å². The summed E-state index contributed by atoms with van der Waals surface area (Å²) < 4.78 is 23.8. The number of amides is 1. The topological polar surface area (TPSA) is 98.1 Å². The molecule has 3 aromatic rings. The Hall–Kier alpha value is -2.59. The van der Waals surface area contributed by atoms with Gasteiger partial charge < -0.3 is 4.90 Å². The summed E-state index contributed by atoms with van der Waals surface area (Å²) in [5, 5.41) is 14.1. The van der Waals surface area contributed by atoms with E-state index in [1.165, 1.54) is 16.1 Å². The molecule has 1 saturated heterocycles. The Morgan fingerprint density at radius 2 is 2.04 bits per heavy atom. The van der Waals surface area contributed by atoms with Gasteiger partial charge in [0.25, 0.3) is 5.91 Å². The number of carbonyl (C=O) groups is 1. The molecule has 1 amide bonds. The highest BCUT2D eigenvalue weighted by molar-refractivity contribution is 7.91. The van der Waals surface area contributed by atoms with Gasteiger partial charge in [-0.1, -0.05) is 24.3 Å². The van der Waals surface area contributed by atoms with Gasteiger partial charge in [-0.2, -0.15) is 4.80 Å². The summed E-state index contributed by atoms with van der Waals surface area (Å²) in [5.41, 5.74) is 0.670. The summed E-state index contributed by atoms with van der Waals surface area (Å²) in [7, 11) is -3.12. The van der Waals surface area contributed by atoms with Crippen LogP contribution in [0.4, 0.5) is 5.69 Å². The van der Waals surface area contributed by atoms with Crippen LogP contribution in [0.15, 0.2) is 47.8 Å². The third-order valence-corrected chi connectivity index (χ3v) is 6.96. The molecular weight excluding hydrogens is 386 g/mol. The van der Waals surface area contributed by atoms with Gasteiger partial charge in [-0.15, -0.1) is 21.5 Å². The predicted octanol–water partition coefficient (Wildman–Crippen LogP) is 1.62. The zero-order chi connectivity index (χ0) is 18.9. The molecule has 1 atom stereocenters. The summed E-state index contributed by atoms with van der Waals surface area (Å²) in [5.74, 6) is 0.267. The number of hydrogen-bond acceptors (Lipinski definition) is 7. The monoisotopic (exact) mass is 403 g/mol. The molecule has 0 N–H and O–H groups in total. The van der Waals surface area contributed by atoms with E-state index in [9.17, 15) is 13.2 Å². The summed E-state index contributed by atoms with van der Waals surface area (Å²) in [6.45, 7) is -0.107. The minimum atomic E-state index is -3.12. The van der Waals surface area contributed by atoms with Crippen molar-refractivity contribution in [1.82, 2.24) is 20.2 Å². The maximum atomic E-state index is 13.0. The summed E-state index contributed by atoms with van der Waals surface area (Å²) in [6.07, 6.45) is 0.425. The molecule has 0 spiro atoms. The quantitative estimate of drug-likeness (QED) is 0.642. The average molecular weight is 403 g/mol. The van der Waals surface area contributed by atoms with Gasteiger partial charge in [0, 0.05) is 5.69 Å². The predicted molar refractivity (Wildman–Crippen MR) is 102 cm³/mol. The Morgan fingerprint density at radius 3 is 2.70 bits per heavy atom. The van der Waals surface area contributed by atoms with Gasteiger partial charge in [0.05, 0.1) is 22.4 Å². The number of nitrogens with zero attached hydrogens (tertiary/aromatic N) is 5. The van der Waals surface area contributed by atoms with E-state index in [1.807, 2.05) is 35.7 Å². The van der Waals surface area contributed by atoms with Crippen LogP contribution in [0.2, 0.25) is 0 Å². The van der Waals surface area contributed by atoms with Crippen molar-refractivity contribution in [3.63, 3.8) is 0 Å². The summed E-state index contributed by atoms with van der Waals surface area (Å²) in [6, 6.07) is 12.5. The number of anilines is 1. The lowest BCUT2D eigenvalue weighted by Gasteiger charge is -2.28. The number of aromatic nitrogens is 4. The summed E-state index contributed by atoms with van der Waals surface area (Å²) >= 11 is 1.49. The number of thiophene rings is 1. The second-order valence-corrected chi connectivity index (χ2v) is 9.45. The molecule has 8 nitrogen and oxygen atoms in total. The molecule has 10 heteroatoms. The number of rotatable bonds is 5. The fourth-order valence-corrected chi connectivity index (χ4v) is 5.49. The summed E-state index contributed by atoms with van der Waals surface area (Å²) in [4.78, 5) is 16.7. The van der Waals surface area contributed by atoms with E-state index in [0.717, 1.165) is 4.88 Å². The van der Waals surface area contributed by atoms with E-state index in [0.29, 0.717) is 17.9 Å². The minimum absolute atomic E-state index is 0.0289. The Kier molecular flexibility index (Phi) is 4.75. The van der Waals surface area contributed by atoms with Crippen molar-refractivity contribution in [2.24, 2.45) is 0 Å². The molecule has 1 aromatic carbocycles. The highest BCUT2D eigenvalue weighted by Gasteiger charge is 2.35. The minimum Gasteiger partial charge on any atom is -0.307 e. The van der Waals surface area contributed by atoms with Crippen molar-refractivity contribution in [2.75, 3.05) is 16.4 Å². The van der Waals surface area contributed by atoms with E-state index in [1.54, 1.807) is 17.0 Å². The molecule has 2 aromatic heterocycles. The number of tetrazole rings is 1. The molecule has 1 aliphatic heterocycles. The first-order valence-corrected chi connectivity index (χ1v) is 11.1. The molecule has 1 aliphatic rings. The number of sulfone groups is 1. The molecule has 4 rings (SSSR count). The number of hydrogen-bond donors (Lipinski definition) is 0. The molecule has 0 aliphatic carbocycles. The van der Waals surface area contributed by atoms with Crippen molar-refractivity contribution in [3.8, 4) is 10.7 Å². The van der Waals surface area contributed by atoms with Crippen molar-refractivity contribution in [2.45, 2.75) is 19.0 Å². The smallest absolute Gasteiger partial charge is 0.250 e. The van der Waals surface area contributed by atoms with E-state index in [2.05, 4.69) is 15.4 Å². The van der Waals surface area contributed by atoms with Crippen LogP contribution in [0.25, 0.3) is 10.7 Å². The van der Waals surface area contributed by atoms with Gasteiger partial charge in [-0.25, -0.2) is 8.42 Å². The zero-order valence-electron chi connectivity index (χ0n) is 14.3. The molecule has 0 bridgehead atoms. The van der Waals surface area contributed by atoms with Gasteiger partial charge in [-0.05, 0) is 35.2 Å². The second kappa shape index (κ2) is 7.20. The first-order valence-electron chi connectivity index (χ1n) is 8.41. The normalized spacial score (nSPS) is 18.4. The maximum absolute atomic E-state index is 13.0. The first kappa shape index (κ1) is 17.8. The SMILES string of the molecule is O=C(Cn1nnc(-c2cccs2)n1)N(c1ccccc1)C1CCS(=O)(=O)C1. The van der Waals surface area contributed by atoms with E-state index >= 15 is 0 Å². The van der Waals surface area contributed by atoms with Crippen LogP contribution in [-0.2, 0) is 21.2 Å². The molecule has 0 saturated carbocycles. The lowest BCUT2D eigenvalue weighted by Crippen LogP contribution is -2.43. The van der Waals surface area contributed by atoms with Gasteiger partial charge in [0.15, 0.2) is 9.84 Å². The fourth-order valence-electron chi connectivity index (χ4n) is 3.14. The first-order chi connectivity index (χ1) is 13.0. The third-order valence-electron chi connectivity index (χ3n) is 4.35. The van der Waals surface area contributed by atoms with Gasteiger partial charge in [-0.3, -0.25) is 4.79 Å². The lowest BCUT2D eigenvalue weighted by molar-refractivity contribution is -0.120. The highest BCUT2D eigenvalue weighted by atomic mass is 32.2. The van der Waals surface area contributed by atoms with Crippen molar-refractivity contribution in [3.05, 3.63) is 47.8 Å². The van der Waals surface area contributed by atoms with Crippen LogP contribution < -0.4 is 4.90 Å². The molecular formula is C17H17N5O3S2. The maximum Gasteiger partial charge on any atom is 0.250 e. The Bertz CT molecular complexity index is 1030. The molecule has 140 valence electrons. The Balaban J connectivity index is 1.58. The van der Waals surface area contributed by atoms with Crippen LogP contribution in [0, 0.1) is 0 Å². The van der Waals surface area contributed by atoms with Crippen LogP contribution >= 0.6 is 11.3 Å². The molecule has 3 heterocycles. The second-order valence-electron chi connectivity index (χ2n) is 6.28. The Morgan fingerprint density at radius 1 is 1.22 bits per heavy atom. The van der Waals surface area contributed by atoms with Gasteiger partial charge in [0.1, 0.15) is 6.54 Å². The molecule has 1 fully saturated rings. The zero-order valence-corrected chi connectivity index (χ0v) is 15.9. The Labute approximate surface area is 160 Å². The molecule has 27 heavy (non-hydrogen) atoms. The number of benzene rings is 1. The van der Waals surface area contributed by atoms with E-state index in [-0.39, 0.29) is 30.0 Å². The van der Waals surface area contributed by atoms with Crippen LogP contribution in [-0.4, -0.2) is 52.1 Å². The van der Waals surface area contributed by atoms with Crippen LogP contribution in [0.1, 0.15) is 6.42 Å². The largest absolute Gasteiger partial charge is 0.307 e. The van der Waals surface area contributed by atoms with Crippen molar-refractivity contribution in [1.29, 1.82) is 0 Å². The average Bonchev–Trinajstić information content (AvgIpc) is 3.37. The molecule has 0 radical (unpaired) electrons. The number of para-hydroxylation sites is 1. The van der Waals surface area contributed by atoms with E-state index in [4.69, 9.17) is 0 Å². The van der Waals surface area contributed by atoms with Gasteiger partial charge in [0.2, 0.25) is 5.82 Å². The molecule has 1 unspecified atom stereocenters. The number of carbonyl (C=O) groups excluding carboxylic acids is 1.